The van der Waals surface area contributed by atoms with Gasteiger partial charge in [-0.2, -0.15) is 0 Å². The van der Waals surface area contributed by atoms with Crippen LogP contribution in [-0.2, 0) is 11.3 Å². The van der Waals surface area contributed by atoms with Gasteiger partial charge in [0, 0.05) is 17.0 Å². The fourth-order valence-corrected chi connectivity index (χ4v) is 0.987. The second kappa shape index (κ2) is 5.62. The Morgan fingerprint density at radius 2 is 2.27 bits per heavy atom. The maximum Gasteiger partial charge on any atom is 0.226 e. The molecule has 1 aromatic carbocycles. The van der Waals surface area contributed by atoms with Gasteiger partial charge in [-0.3, -0.25) is 4.79 Å². The maximum absolute atomic E-state index is 13.1. The van der Waals surface area contributed by atoms with E-state index in [0.717, 1.165) is 0 Å². The molecule has 0 aliphatic rings. The highest BCUT2D eigenvalue weighted by atomic mass is 19.1. The van der Waals surface area contributed by atoms with Gasteiger partial charge in [-0.25, -0.2) is 4.39 Å². The van der Waals surface area contributed by atoms with E-state index < -0.39 is 5.91 Å². The highest BCUT2D eigenvalue weighted by Gasteiger charge is 2.02. The Bertz CT molecular complexity index is 401. The first-order chi connectivity index (χ1) is 7.24. The SMILES string of the molecule is [N-]=[N+]=NCC(=O)NCc1ccccc1F. The van der Waals surface area contributed by atoms with Gasteiger partial charge in [-0.15, -0.1) is 0 Å². The summed E-state index contributed by atoms with van der Waals surface area (Å²) in [5.74, 6) is -0.808. The van der Waals surface area contributed by atoms with Crippen LogP contribution in [0.3, 0.4) is 0 Å². The van der Waals surface area contributed by atoms with Crippen molar-refractivity contribution in [2.75, 3.05) is 6.54 Å². The number of rotatable bonds is 4. The van der Waals surface area contributed by atoms with E-state index in [0.29, 0.717) is 5.56 Å². The Morgan fingerprint density at radius 3 is 2.93 bits per heavy atom. The molecule has 0 spiro atoms. The van der Waals surface area contributed by atoms with Gasteiger partial charge in [-0.1, -0.05) is 23.3 Å². The standard InChI is InChI=1S/C9H9FN4O/c10-8-4-2-1-3-7(8)5-12-9(15)6-13-14-11/h1-4H,5-6H2,(H,12,15). The van der Waals surface area contributed by atoms with Crippen molar-refractivity contribution in [2.45, 2.75) is 6.54 Å². The van der Waals surface area contributed by atoms with Gasteiger partial charge in [0.15, 0.2) is 0 Å². The van der Waals surface area contributed by atoms with Crippen molar-refractivity contribution in [1.82, 2.24) is 5.32 Å². The van der Waals surface area contributed by atoms with Crippen LogP contribution in [0.4, 0.5) is 4.39 Å². The van der Waals surface area contributed by atoms with Gasteiger partial charge < -0.3 is 5.32 Å². The number of carbonyl (C=O) groups is 1. The third kappa shape index (κ3) is 3.66. The molecule has 15 heavy (non-hydrogen) atoms. The van der Waals surface area contributed by atoms with Crippen molar-refractivity contribution in [1.29, 1.82) is 0 Å². The van der Waals surface area contributed by atoms with E-state index in [1.54, 1.807) is 18.2 Å². The first kappa shape index (κ1) is 11.0. The normalized spacial score (nSPS) is 9.13. The summed E-state index contributed by atoms with van der Waals surface area (Å²) in [6, 6.07) is 6.14. The number of hydrogen-bond donors (Lipinski definition) is 1. The Balaban J connectivity index is 2.47. The van der Waals surface area contributed by atoms with Gasteiger partial charge in [-0.05, 0) is 11.6 Å². The van der Waals surface area contributed by atoms with E-state index in [2.05, 4.69) is 15.3 Å². The zero-order valence-corrected chi connectivity index (χ0v) is 7.85. The number of nitrogens with one attached hydrogen (secondary N) is 1. The topological polar surface area (TPSA) is 77.9 Å². The molecule has 0 atom stereocenters. The smallest absolute Gasteiger partial charge is 0.226 e. The van der Waals surface area contributed by atoms with Gasteiger partial charge in [0.25, 0.3) is 0 Å². The molecule has 1 N–H and O–H groups in total. The van der Waals surface area contributed by atoms with Crippen LogP contribution in [0.2, 0.25) is 0 Å². The number of halogens is 1. The van der Waals surface area contributed by atoms with Crippen LogP contribution in [-0.4, -0.2) is 12.5 Å². The van der Waals surface area contributed by atoms with Gasteiger partial charge in [0.05, 0.1) is 0 Å². The van der Waals surface area contributed by atoms with Gasteiger partial charge in [0.2, 0.25) is 5.91 Å². The molecular weight excluding hydrogens is 199 g/mol. The fraction of sp³-hybridized carbons (Fsp3) is 0.222. The second-order valence-electron chi connectivity index (χ2n) is 2.76. The minimum absolute atomic E-state index is 0.0897. The predicted molar refractivity (Wildman–Crippen MR) is 52.3 cm³/mol. The van der Waals surface area contributed by atoms with Crippen LogP contribution < -0.4 is 5.32 Å². The van der Waals surface area contributed by atoms with Crippen molar-refractivity contribution >= 4 is 5.91 Å². The van der Waals surface area contributed by atoms with E-state index in [-0.39, 0.29) is 18.9 Å². The Morgan fingerprint density at radius 1 is 1.53 bits per heavy atom. The molecule has 5 nitrogen and oxygen atoms in total. The van der Waals surface area contributed by atoms with E-state index in [9.17, 15) is 9.18 Å². The molecule has 1 rings (SSSR count). The molecule has 0 aromatic heterocycles. The number of nitrogens with zero attached hydrogens (tertiary/aromatic N) is 3. The van der Waals surface area contributed by atoms with E-state index in [4.69, 9.17) is 5.53 Å². The van der Waals surface area contributed by atoms with Gasteiger partial charge in [0.1, 0.15) is 12.4 Å². The lowest BCUT2D eigenvalue weighted by molar-refractivity contribution is -0.119. The monoisotopic (exact) mass is 208 g/mol. The molecule has 1 aromatic rings. The minimum Gasteiger partial charge on any atom is -0.352 e. The first-order valence-corrected chi connectivity index (χ1v) is 4.25. The van der Waals surface area contributed by atoms with Crippen LogP contribution in [0.5, 0.6) is 0 Å². The summed E-state index contributed by atoms with van der Waals surface area (Å²) in [6.07, 6.45) is 0. The van der Waals surface area contributed by atoms with E-state index in [1.807, 2.05) is 0 Å². The third-order valence-corrected chi connectivity index (χ3v) is 1.71. The highest BCUT2D eigenvalue weighted by molar-refractivity contribution is 5.78. The number of hydrogen-bond acceptors (Lipinski definition) is 2. The first-order valence-electron chi connectivity index (χ1n) is 4.25. The van der Waals surface area contributed by atoms with Crippen LogP contribution in [0.25, 0.3) is 10.4 Å². The number of carbonyl (C=O) groups excluding carboxylic acids is 1. The van der Waals surface area contributed by atoms with Gasteiger partial charge >= 0.3 is 0 Å². The summed E-state index contributed by atoms with van der Waals surface area (Å²) in [6.45, 7) is -0.183. The second-order valence-corrected chi connectivity index (χ2v) is 2.76. The average Bonchev–Trinajstić information content (AvgIpc) is 2.25. The van der Waals surface area contributed by atoms with Crippen molar-refractivity contribution in [2.24, 2.45) is 5.11 Å². The lowest BCUT2D eigenvalue weighted by Crippen LogP contribution is -2.25. The van der Waals surface area contributed by atoms with Crippen molar-refractivity contribution in [3.8, 4) is 0 Å². The maximum atomic E-state index is 13.1. The molecule has 0 fully saturated rings. The molecular formula is C9H9FN4O. The van der Waals surface area contributed by atoms with Crippen LogP contribution >= 0.6 is 0 Å². The zero-order valence-electron chi connectivity index (χ0n) is 7.85. The van der Waals surface area contributed by atoms with Crippen LogP contribution in [0.1, 0.15) is 5.56 Å². The van der Waals surface area contributed by atoms with E-state index >= 15 is 0 Å². The number of azide groups is 1. The average molecular weight is 208 g/mol. The molecule has 0 radical (unpaired) electrons. The van der Waals surface area contributed by atoms with Crippen LogP contribution in [0.15, 0.2) is 29.4 Å². The number of amides is 1. The van der Waals surface area contributed by atoms with Crippen molar-refractivity contribution in [3.05, 3.63) is 46.1 Å². The molecule has 0 heterocycles. The largest absolute Gasteiger partial charge is 0.352 e. The van der Waals surface area contributed by atoms with Crippen molar-refractivity contribution < 1.29 is 9.18 Å². The number of benzene rings is 1. The zero-order chi connectivity index (χ0) is 11.1. The third-order valence-electron chi connectivity index (χ3n) is 1.71. The highest BCUT2D eigenvalue weighted by Crippen LogP contribution is 2.05. The Labute approximate surface area is 85.5 Å². The molecule has 0 aliphatic heterocycles. The lowest BCUT2D eigenvalue weighted by Gasteiger charge is -2.03. The molecule has 0 bridgehead atoms. The summed E-state index contributed by atoms with van der Waals surface area (Å²) in [5, 5.41) is 5.51. The molecule has 0 saturated heterocycles. The molecule has 0 aliphatic carbocycles. The molecule has 78 valence electrons. The molecule has 6 heteroatoms. The van der Waals surface area contributed by atoms with E-state index in [1.165, 1.54) is 6.07 Å². The summed E-state index contributed by atoms with van der Waals surface area (Å²) in [4.78, 5) is 13.4. The van der Waals surface area contributed by atoms with Crippen LogP contribution in [0, 0.1) is 5.82 Å². The van der Waals surface area contributed by atoms with Crippen molar-refractivity contribution in [3.63, 3.8) is 0 Å². The fourth-order valence-electron chi connectivity index (χ4n) is 0.987. The lowest BCUT2D eigenvalue weighted by atomic mass is 10.2. The summed E-state index contributed by atoms with van der Waals surface area (Å²) < 4.78 is 13.1. The molecule has 1 amide bonds. The predicted octanol–water partition coefficient (Wildman–Crippen LogP) is 1.75. The summed E-state index contributed by atoms with van der Waals surface area (Å²) >= 11 is 0. The Hall–Kier alpha value is -2.07. The quantitative estimate of drug-likeness (QED) is 0.456. The summed E-state index contributed by atoms with van der Waals surface area (Å²) in [7, 11) is 0. The minimum atomic E-state index is -0.434. The molecule has 0 saturated carbocycles. The Kier molecular flexibility index (Phi) is 4.12. The molecule has 0 unspecified atom stereocenters. The summed E-state index contributed by atoms with van der Waals surface area (Å²) in [5.41, 5.74) is 8.36.